The minimum Gasteiger partial charge on any atom is -0.494 e. The first kappa shape index (κ1) is 15.6. The van der Waals surface area contributed by atoms with Gasteiger partial charge in [-0.25, -0.2) is 9.97 Å². The van der Waals surface area contributed by atoms with Crippen molar-refractivity contribution < 1.29 is 9.47 Å². The van der Waals surface area contributed by atoms with Gasteiger partial charge in [0.2, 0.25) is 5.95 Å². The first-order chi connectivity index (χ1) is 12.2. The Labute approximate surface area is 145 Å². The summed E-state index contributed by atoms with van der Waals surface area (Å²) in [5.41, 5.74) is 1.79. The second-order valence-corrected chi connectivity index (χ2v) is 6.05. The highest BCUT2D eigenvalue weighted by Crippen LogP contribution is 2.24. The second kappa shape index (κ2) is 6.54. The highest BCUT2D eigenvalue weighted by atomic mass is 16.5. The standard InChI is InChI=1S/C17H20N6O2/c1-22-15-14(6-3-7-18-15)21-17(22)23-8-4-5-12(11-23)25-16-19-9-13(24-2)10-20-16/h3,6-7,9-10,12H,4-5,8,11H2,1-2H3. The maximum Gasteiger partial charge on any atom is 0.316 e. The Morgan fingerprint density at radius 2 is 2.04 bits per heavy atom. The molecule has 0 spiro atoms. The van der Waals surface area contributed by atoms with E-state index >= 15 is 0 Å². The normalized spacial score (nSPS) is 17.7. The number of hydrogen-bond acceptors (Lipinski definition) is 7. The maximum absolute atomic E-state index is 5.95. The van der Waals surface area contributed by atoms with Gasteiger partial charge in [-0.05, 0) is 25.0 Å². The molecule has 25 heavy (non-hydrogen) atoms. The third-order valence-electron chi connectivity index (χ3n) is 4.38. The van der Waals surface area contributed by atoms with Crippen molar-refractivity contribution in [2.75, 3.05) is 25.1 Å². The molecule has 0 saturated carbocycles. The Balaban J connectivity index is 1.50. The zero-order valence-electron chi connectivity index (χ0n) is 14.3. The molecule has 1 aliphatic rings. The summed E-state index contributed by atoms with van der Waals surface area (Å²) < 4.78 is 13.0. The SMILES string of the molecule is COc1cnc(OC2CCCN(c3nc4cccnc4n3C)C2)nc1. The highest BCUT2D eigenvalue weighted by Gasteiger charge is 2.25. The van der Waals surface area contributed by atoms with E-state index in [9.17, 15) is 0 Å². The molecular weight excluding hydrogens is 320 g/mol. The van der Waals surface area contributed by atoms with Gasteiger partial charge in [0.15, 0.2) is 11.4 Å². The number of nitrogens with zero attached hydrogens (tertiary/aromatic N) is 6. The molecule has 0 aromatic carbocycles. The number of hydrogen-bond donors (Lipinski definition) is 0. The number of anilines is 1. The minimum atomic E-state index is 0.0231. The number of aromatic nitrogens is 5. The van der Waals surface area contributed by atoms with Crippen LogP contribution in [0.3, 0.4) is 0 Å². The van der Waals surface area contributed by atoms with Crippen LogP contribution in [0.2, 0.25) is 0 Å². The summed E-state index contributed by atoms with van der Waals surface area (Å²) in [5.74, 6) is 1.53. The van der Waals surface area contributed by atoms with E-state index in [2.05, 4.69) is 19.9 Å². The number of piperidine rings is 1. The first-order valence-electron chi connectivity index (χ1n) is 8.29. The largest absolute Gasteiger partial charge is 0.494 e. The molecule has 1 aliphatic heterocycles. The molecule has 4 rings (SSSR count). The molecular formula is C17H20N6O2. The average molecular weight is 340 g/mol. The lowest BCUT2D eigenvalue weighted by atomic mass is 10.1. The molecule has 1 saturated heterocycles. The van der Waals surface area contributed by atoms with Crippen molar-refractivity contribution in [1.29, 1.82) is 0 Å². The van der Waals surface area contributed by atoms with Crippen molar-refractivity contribution in [2.45, 2.75) is 18.9 Å². The van der Waals surface area contributed by atoms with Gasteiger partial charge in [0.1, 0.15) is 11.6 Å². The van der Waals surface area contributed by atoms with Crippen LogP contribution in [0.1, 0.15) is 12.8 Å². The van der Waals surface area contributed by atoms with Crippen LogP contribution in [0.25, 0.3) is 11.2 Å². The number of aryl methyl sites for hydroxylation is 1. The van der Waals surface area contributed by atoms with Gasteiger partial charge in [0, 0.05) is 19.8 Å². The van der Waals surface area contributed by atoms with Gasteiger partial charge >= 0.3 is 6.01 Å². The van der Waals surface area contributed by atoms with Crippen LogP contribution < -0.4 is 14.4 Å². The summed E-state index contributed by atoms with van der Waals surface area (Å²) in [7, 11) is 3.58. The van der Waals surface area contributed by atoms with E-state index in [1.54, 1.807) is 25.7 Å². The number of fused-ring (bicyclic) bond motifs is 1. The molecule has 0 aliphatic carbocycles. The van der Waals surface area contributed by atoms with E-state index in [0.717, 1.165) is 43.0 Å². The molecule has 8 nitrogen and oxygen atoms in total. The highest BCUT2D eigenvalue weighted by molar-refractivity contribution is 5.74. The molecule has 3 aromatic rings. The van der Waals surface area contributed by atoms with E-state index in [1.807, 2.05) is 23.7 Å². The number of ether oxygens (including phenoxy) is 2. The monoisotopic (exact) mass is 340 g/mol. The third kappa shape index (κ3) is 3.07. The molecule has 0 amide bonds. The maximum atomic E-state index is 5.95. The Kier molecular flexibility index (Phi) is 4.09. The number of imidazole rings is 1. The molecule has 0 bridgehead atoms. The number of rotatable bonds is 4. The molecule has 4 heterocycles. The summed E-state index contributed by atoms with van der Waals surface area (Å²) >= 11 is 0. The van der Waals surface area contributed by atoms with Crippen molar-refractivity contribution in [3.8, 4) is 11.8 Å². The zero-order valence-corrected chi connectivity index (χ0v) is 14.3. The van der Waals surface area contributed by atoms with Gasteiger partial charge in [0.05, 0.1) is 26.0 Å². The summed E-state index contributed by atoms with van der Waals surface area (Å²) in [6.07, 6.45) is 7.03. The average Bonchev–Trinajstić information content (AvgIpc) is 3.00. The molecule has 130 valence electrons. The van der Waals surface area contributed by atoms with Crippen LogP contribution >= 0.6 is 0 Å². The fourth-order valence-electron chi connectivity index (χ4n) is 3.13. The Hall–Kier alpha value is -2.90. The lowest BCUT2D eigenvalue weighted by Gasteiger charge is -2.32. The molecule has 0 N–H and O–H groups in total. The summed E-state index contributed by atoms with van der Waals surface area (Å²) in [6.45, 7) is 1.69. The van der Waals surface area contributed by atoms with Crippen LogP contribution in [0.15, 0.2) is 30.7 Å². The summed E-state index contributed by atoms with van der Waals surface area (Å²) in [5, 5.41) is 0. The minimum absolute atomic E-state index is 0.0231. The molecule has 0 radical (unpaired) electrons. The van der Waals surface area contributed by atoms with Crippen molar-refractivity contribution in [2.24, 2.45) is 7.05 Å². The van der Waals surface area contributed by atoms with Crippen molar-refractivity contribution in [3.63, 3.8) is 0 Å². The quantitative estimate of drug-likeness (QED) is 0.717. The second-order valence-electron chi connectivity index (χ2n) is 6.05. The molecule has 3 aromatic heterocycles. The van der Waals surface area contributed by atoms with Gasteiger partial charge in [0.25, 0.3) is 0 Å². The lowest BCUT2D eigenvalue weighted by Crippen LogP contribution is -2.42. The van der Waals surface area contributed by atoms with E-state index in [-0.39, 0.29) is 6.10 Å². The van der Waals surface area contributed by atoms with E-state index in [1.165, 1.54) is 0 Å². The van der Waals surface area contributed by atoms with Gasteiger partial charge in [-0.2, -0.15) is 9.97 Å². The number of pyridine rings is 1. The van der Waals surface area contributed by atoms with Gasteiger partial charge < -0.3 is 14.4 Å². The van der Waals surface area contributed by atoms with E-state index < -0.39 is 0 Å². The smallest absolute Gasteiger partial charge is 0.316 e. The molecule has 1 unspecified atom stereocenters. The summed E-state index contributed by atoms with van der Waals surface area (Å²) in [6, 6.07) is 4.26. The van der Waals surface area contributed by atoms with E-state index in [0.29, 0.717) is 11.8 Å². The first-order valence-corrected chi connectivity index (χ1v) is 8.29. The van der Waals surface area contributed by atoms with Crippen LogP contribution in [0.5, 0.6) is 11.8 Å². The van der Waals surface area contributed by atoms with Crippen molar-refractivity contribution in [1.82, 2.24) is 24.5 Å². The van der Waals surface area contributed by atoms with Crippen molar-refractivity contribution in [3.05, 3.63) is 30.7 Å². The Morgan fingerprint density at radius 1 is 1.20 bits per heavy atom. The van der Waals surface area contributed by atoms with Gasteiger partial charge in [-0.3, -0.25) is 4.57 Å². The lowest BCUT2D eigenvalue weighted by molar-refractivity contribution is 0.163. The van der Waals surface area contributed by atoms with Gasteiger partial charge in [-0.15, -0.1) is 0 Å². The fourth-order valence-corrected chi connectivity index (χ4v) is 3.13. The number of methoxy groups -OCH3 is 1. The summed E-state index contributed by atoms with van der Waals surface area (Å²) in [4.78, 5) is 19.7. The molecule has 1 fully saturated rings. The van der Waals surface area contributed by atoms with Crippen LogP contribution in [0, 0.1) is 0 Å². The van der Waals surface area contributed by atoms with Gasteiger partial charge in [-0.1, -0.05) is 0 Å². The predicted octanol–water partition coefficient (Wildman–Crippen LogP) is 1.81. The molecule has 1 atom stereocenters. The van der Waals surface area contributed by atoms with Crippen molar-refractivity contribution >= 4 is 17.1 Å². The fraction of sp³-hybridized carbons (Fsp3) is 0.412. The Morgan fingerprint density at radius 3 is 2.80 bits per heavy atom. The Bertz CT molecular complexity index is 863. The van der Waals surface area contributed by atoms with Crippen LogP contribution in [-0.2, 0) is 7.05 Å². The van der Waals surface area contributed by atoms with Crippen LogP contribution in [-0.4, -0.2) is 50.8 Å². The zero-order chi connectivity index (χ0) is 17.2. The topological polar surface area (TPSA) is 78.2 Å². The molecule has 8 heteroatoms. The predicted molar refractivity (Wildman–Crippen MR) is 93.0 cm³/mol. The van der Waals surface area contributed by atoms with E-state index in [4.69, 9.17) is 14.5 Å². The van der Waals surface area contributed by atoms with Crippen LogP contribution in [0.4, 0.5) is 5.95 Å². The third-order valence-corrected chi connectivity index (χ3v) is 4.38.